The Labute approximate surface area is 176 Å². The molecule has 0 unspecified atom stereocenters. The first-order chi connectivity index (χ1) is 15.3. The Hall–Kier alpha value is -4.52. The fourth-order valence-corrected chi connectivity index (χ4v) is 3.88. The van der Waals surface area contributed by atoms with Crippen LogP contribution in [0, 0.1) is 0 Å². The van der Waals surface area contributed by atoms with Crippen molar-refractivity contribution in [1.29, 1.82) is 0 Å². The van der Waals surface area contributed by atoms with Gasteiger partial charge in [0.15, 0.2) is 11.5 Å². The van der Waals surface area contributed by atoms with Crippen LogP contribution in [0.1, 0.15) is 0 Å². The molecule has 0 radical (unpaired) electrons. The second-order valence-electron chi connectivity index (χ2n) is 7.13. The first-order valence-electron chi connectivity index (χ1n) is 9.87. The summed E-state index contributed by atoms with van der Waals surface area (Å²) in [6, 6.07) is 29.0. The van der Waals surface area contributed by atoms with Crippen LogP contribution in [0.5, 0.6) is 0 Å². The highest BCUT2D eigenvalue weighted by Gasteiger charge is 2.22. The maximum absolute atomic E-state index is 13.6. The van der Waals surface area contributed by atoms with Crippen molar-refractivity contribution in [2.24, 2.45) is 0 Å². The molecule has 0 spiro atoms. The largest absolute Gasteiger partial charge is 0.270 e. The molecule has 0 aliphatic rings. The highest BCUT2D eigenvalue weighted by atomic mass is 16.1. The van der Waals surface area contributed by atoms with Crippen molar-refractivity contribution in [3.8, 4) is 22.8 Å². The fraction of sp³-hybridized carbons (Fsp3) is 0. The predicted molar refractivity (Wildman–Crippen MR) is 119 cm³/mol. The minimum absolute atomic E-state index is 0.192. The molecule has 31 heavy (non-hydrogen) atoms. The van der Waals surface area contributed by atoms with Gasteiger partial charge in [-0.2, -0.15) is 5.10 Å². The van der Waals surface area contributed by atoms with Crippen LogP contribution >= 0.6 is 0 Å². The molecular weight excluding hydrogens is 388 g/mol. The lowest BCUT2D eigenvalue weighted by atomic mass is 10.2. The fourth-order valence-electron chi connectivity index (χ4n) is 3.88. The Kier molecular flexibility index (Phi) is 3.79. The summed E-state index contributed by atoms with van der Waals surface area (Å²) in [4.78, 5) is 13.6. The van der Waals surface area contributed by atoms with Crippen molar-refractivity contribution in [1.82, 2.24) is 28.9 Å². The maximum atomic E-state index is 13.6. The molecule has 0 amide bonds. The number of para-hydroxylation sites is 2. The van der Waals surface area contributed by atoms with E-state index in [1.165, 1.54) is 0 Å². The zero-order chi connectivity index (χ0) is 20.8. The third-order valence-corrected chi connectivity index (χ3v) is 5.28. The molecule has 148 valence electrons. The average Bonchev–Trinajstić information content (AvgIpc) is 3.46. The third-order valence-electron chi connectivity index (χ3n) is 5.28. The molecule has 3 heterocycles. The Morgan fingerprint density at radius 1 is 0.677 bits per heavy atom. The van der Waals surface area contributed by atoms with Gasteiger partial charge in [0.2, 0.25) is 5.78 Å². The summed E-state index contributed by atoms with van der Waals surface area (Å²) in [5, 5.41) is 13.9. The lowest BCUT2D eigenvalue weighted by Crippen LogP contribution is -2.22. The normalized spacial score (nSPS) is 11.4. The molecule has 7 nitrogen and oxygen atoms in total. The Bertz CT molecular complexity index is 1580. The van der Waals surface area contributed by atoms with Crippen LogP contribution in [0.25, 0.3) is 39.6 Å². The summed E-state index contributed by atoms with van der Waals surface area (Å²) in [5.74, 6) is 1.07. The van der Waals surface area contributed by atoms with Crippen LogP contribution < -0.4 is 5.56 Å². The highest BCUT2D eigenvalue weighted by Crippen LogP contribution is 2.25. The second kappa shape index (κ2) is 6.77. The van der Waals surface area contributed by atoms with E-state index in [2.05, 4.69) is 15.3 Å². The molecule has 3 aromatic heterocycles. The smallest absolute Gasteiger partial charge is 0.268 e. The monoisotopic (exact) mass is 404 g/mol. The molecule has 3 aromatic carbocycles. The molecule has 6 aromatic rings. The van der Waals surface area contributed by atoms with Crippen molar-refractivity contribution in [3.05, 3.63) is 108 Å². The lowest BCUT2D eigenvalue weighted by Gasteiger charge is -2.11. The van der Waals surface area contributed by atoms with E-state index in [9.17, 15) is 4.79 Å². The first-order valence-corrected chi connectivity index (χ1v) is 9.87. The summed E-state index contributed by atoms with van der Waals surface area (Å²) in [6.07, 6.45) is 1.61. The van der Waals surface area contributed by atoms with Crippen LogP contribution in [0.2, 0.25) is 0 Å². The van der Waals surface area contributed by atoms with Gasteiger partial charge in [0.25, 0.3) is 5.56 Å². The van der Waals surface area contributed by atoms with Crippen LogP contribution in [0.15, 0.2) is 102 Å². The molecule has 0 aliphatic heterocycles. The number of nitrogens with zero attached hydrogens (tertiary/aromatic N) is 6. The zero-order valence-corrected chi connectivity index (χ0v) is 16.3. The SMILES string of the molecule is O=c1c2cnn(-c3ccccc3)c2n2c(-c3ccccc3)nnc2n1-c1ccccc1. The Morgan fingerprint density at radius 2 is 1.29 bits per heavy atom. The molecular formula is C24H16N6O. The maximum Gasteiger partial charge on any atom is 0.270 e. The number of hydrogen-bond acceptors (Lipinski definition) is 4. The van der Waals surface area contributed by atoms with Gasteiger partial charge in [-0.1, -0.05) is 66.7 Å². The second-order valence-corrected chi connectivity index (χ2v) is 7.13. The van der Waals surface area contributed by atoms with Gasteiger partial charge < -0.3 is 0 Å². The highest BCUT2D eigenvalue weighted by molar-refractivity contribution is 5.81. The first kappa shape index (κ1) is 17.3. The van der Waals surface area contributed by atoms with E-state index in [0.717, 1.165) is 16.9 Å². The molecule has 0 saturated carbocycles. The van der Waals surface area contributed by atoms with E-state index in [0.29, 0.717) is 22.6 Å². The summed E-state index contributed by atoms with van der Waals surface area (Å²) in [5.41, 5.74) is 2.91. The molecule has 0 atom stereocenters. The standard InChI is InChI=1S/C24H16N6O/c31-23-20-16-25-30(19-14-8-3-9-15-19)22(20)29-21(17-10-4-1-5-11-17)26-27-24(29)28(23)18-12-6-2-7-13-18/h1-16H. The number of rotatable bonds is 3. The van der Waals surface area contributed by atoms with Gasteiger partial charge in [-0.3, -0.25) is 4.79 Å². The summed E-state index contributed by atoms with van der Waals surface area (Å²) in [6.45, 7) is 0. The summed E-state index contributed by atoms with van der Waals surface area (Å²) < 4.78 is 5.24. The minimum atomic E-state index is -0.192. The van der Waals surface area contributed by atoms with Crippen LogP contribution in [0.3, 0.4) is 0 Å². The lowest BCUT2D eigenvalue weighted by molar-refractivity contribution is 0.879. The molecule has 0 bridgehead atoms. The van der Waals surface area contributed by atoms with Crippen molar-refractivity contribution in [2.45, 2.75) is 0 Å². The zero-order valence-electron chi connectivity index (χ0n) is 16.3. The van der Waals surface area contributed by atoms with E-state index in [4.69, 9.17) is 0 Å². The van der Waals surface area contributed by atoms with Gasteiger partial charge in [-0.05, 0) is 24.3 Å². The van der Waals surface area contributed by atoms with Crippen molar-refractivity contribution >= 4 is 16.8 Å². The number of aromatic nitrogens is 6. The van der Waals surface area contributed by atoms with E-state index in [-0.39, 0.29) is 5.56 Å². The Morgan fingerprint density at radius 3 is 1.97 bits per heavy atom. The van der Waals surface area contributed by atoms with E-state index < -0.39 is 0 Å². The average molecular weight is 404 g/mol. The topological polar surface area (TPSA) is 70.0 Å². The summed E-state index contributed by atoms with van der Waals surface area (Å²) in [7, 11) is 0. The van der Waals surface area contributed by atoms with Crippen molar-refractivity contribution < 1.29 is 0 Å². The number of hydrogen-bond donors (Lipinski definition) is 0. The van der Waals surface area contributed by atoms with E-state index >= 15 is 0 Å². The van der Waals surface area contributed by atoms with Gasteiger partial charge in [-0.15, -0.1) is 10.2 Å². The molecule has 0 aliphatic carbocycles. The minimum Gasteiger partial charge on any atom is -0.268 e. The molecule has 0 fully saturated rings. The van der Waals surface area contributed by atoms with Gasteiger partial charge in [0.1, 0.15) is 5.39 Å². The van der Waals surface area contributed by atoms with Gasteiger partial charge in [-0.25, -0.2) is 13.6 Å². The molecule has 0 N–H and O–H groups in total. The Balaban J connectivity index is 1.81. The van der Waals surface area contributed by atoms with Gasteiger partial charge in [0.05, 0.1) is 17.6 Å². The van der Waals surface area contributed by atoms with Crippen LogP contribution in [-0.4, -0.2) is 28.9 Å². The summed E-state index contributed by atoms with van der Waals surface area (Å²) >= 11 is 0. The number of fused-ring (bicyclic) bond motifs is 3. The number of benzene rings is 3. The third kappa shape index (κ3) is 2.60. The molecule has 6 rings (SSSR count). The van der Waals surface area contributed by atoms with E-state index in [1.807, 2.05) is 95.4 Å². The van der Waals surface area contributed by atoms with Crippen LogP contribution in [0.4, 0.5) is 0 Å². The van der Waals surface area contributed by atoms with Gasteiger partial charge in [0, 0.05) is 5.56 Å². The van der Waals surface area contributed by atoms with Crippen LogP contribution in [-0.2, 0) is 0 Å². The quantitative estimate of drug-likeness (QED) is 0.449. The van der Waals surface area contributed by atoms with Crippen molar-refractivity contribution in [2.75, 3.05) is 0 Å². The van der Waals surface area contributed by atoms with Gasteiger partial charge >= 0.3 is 0 Å². The molecule has 7 heteroatoms. The van der Waals surface area contributed by atoms with E-state index in [1.54, 1.807) is 15.4 Å². The molecule has 0 saturated heterocycles. The van der Waals surface area contributed by atoms with Crippen molar-refractivity contribution in [3.63, 3.8) is 0 Å². The predicted octanol–water partition coefficient (Wildman–Crippen LogP) is 3.89.